The Labute approximate surface area is 166 Å². The first kappa shape index (κ1) is 19.1. The third-order valence-corrected chi connectivity index (χ3v) is 4.50. The van der Waals surface area contributed by atoms with Gasteiger partial charge in [0.15, 0.2) is 5.82 Å². The minimum Gasteiger partial charge on any atom is -0.497 e. The summed E-state index contributed by atoms with van der Waals surface area (Å²) in [4.78, 5) is 10.0. The first-order valence-corrected chi connectivity index (χ1v) is 9.10. The minimum absolute atomic E-state index is 0.0353. The van der Waals surface area contributed by atoms with Crippen molar-refractivity contribution >= 4 is 5.69 Å². The van der Waals surface area contributed by atoms with Crippen LogP contribution in [0, 0.1) is 11.6 Å². The molecule has 6 nitrogen and oxygen atoms in total. The van der Waals surface area contributed by atoms with Gasteiger partial charge < -0.3 is 19.1 Å². The van der Waals surface area contributed by atoms with Crippen LogP contribution in [0.25, 0.3) is 11.3 Å². The number of methoxy groups -OCH3 is 1. The Morgan fingerprint density at radius 3 is 2.62 bits per heavy atom. The fourth-order valence-electron chi connectivity index (χ4n) is 3.09. The molecule has 0 bridgehead atoms. The first-order chi connectivity index (χ1) is 14.1. The second-order valence-corrected chi connectivity index (χ2v) is 6.43. The molecular weight excluding hydrogens is 380 g/mol. The average molecular weight is 399 g/mol. The minimum atomic E-state index is -0.665. The molecule has 0 aliphatic carbocycles. The molecule has 3 aromatic rings. The number of hydrogen-bond acceptors (Lipinski definition) is 6. The summed E-state index contributed by atoms with van der Waals surface area (Å²) in [5.74, 6) is -0.0981. The number of halogens is 2. The second-order valence-electron chi connectivity index (χ2n) is 6.43. The van der Waals surface area contributed by atoms with Gasteiger partial charge in [0.2, 0.25) is 0 Å². The highest BCUT2D eigenvalue weighted by molar-refractivity contribution is 5.66. The number of morpholine rings is 1. The number of anilines is 1. The van der Waals surface area contributed by atoms with Crippen molar-refractivity contribution in [2.45, 2.75) is 0 Å². The molecule has 0 radical (unpaired) electrons. The fraction of sp³-hybridized carbons (Fsp3) is 0.238. The van der Waals surface area contributed by atoms with E-state index >= 15 is 0 Å². The van der Waals surface area contributed by atoms with Crippen molar-refractivity contribution in [3.8, 4) is 28.8 Å². The molecule has 0 N–H and O–H groups in total. The summed E-state index contributed by atoms with van der Waals surface area (Å²) >= 11 is 0. The van der Waals surface area contributed by atoms with Crippen LogP contribution in [0.3, 0.4) is 0 Å². The van der Waals surface area contributed by atoms with Crippen molar-refractivity contribution in [1.29, 1.82) is 0 Å². The summed E-state index contributed by atoms with van der Waals surface area (Å²) in [6, 6.07) is 11.2. The van der Waals surface area contributed by atoms with Gasteiger partial charge in [-0.1, -0.05) is 6.07 Å². The Balaban J connectivity index is 1.66. The Bertz CT molecular complexity index is 1010. The molecule has 0 amide bonds. The lowest BCUT2D eigenvalue weighted by atomic mass is 10.1. The normalized spacial score (nSPS) is 14.0. The number of nitrogens with zero attached hydrogens (tertiary/aromatic N) is 3. The van der Waals surface area contributed by atoms with E-state index in [-0.39, 0.29) is 11.7 Å². The van der Waals surface area contributed by atoms with Crippen LogP contribution < -0.4 is 14.4 Å². The summed E-state index contributed by atoms with van der Waals surface area (Å²) in [7, 11) is 1.54. The molecule has 0 spiro atoms. The van der Waals surface area contributed by atoms with E-state index in [0.717, 1.165) is 6.20 Å². The molecule has 0 unspecified atom stereocenters. The Kier molecular flexibility index (Phi) is 5.53. The summed E-state index contributed by atoms with van der Waals surface area (Å²) in [5, 5.41) is 0. The van der Waals surface area contributed by atoms with E-state index in [1.54, 1.807) is 37.4 Å². The highest BCUT2D eigenvalue weighted by atomic mass is 19.1. The molecule has 1 saturated heterocycles. The fourth-order valence-corrected chi connectivity index (χ4v) is 3.09. The molecule has 1 fully saturated rings. The zero-order chi connectivity index (χ0) is 20.2. The van der Waals surface area contributed by atoms with Gasteiger partial charge in [-0.3, -0.25) is 0 Å². The maximum atomic E-state index is 14.5. The molecule has 1 aliphatic rings. The van der Waals surface area contributed by atoms with Crippen LogP contribution in [0.15, 0.2) is 48.7 Å². The molecule has 2 aromatic carbocycles. The number of benzene rings is 2. The number of ether oxygens (including phenoxy) is 3. The second kappa shape index (κ2) is 8.40. The van der Waals surface area contributed by atoms with E-state index in [1.165, 1.54) is 12.1 Å². The third-order valence-electron chi connectivity index (χ3n) is 4.50. The lowest BCUT2D eigenvalue weighted by molar-refractivity contribution is 0.122. The van der Waals surface area contributed by atoms with Gasteiger partial charge in [-0.15, -0.1) is 0 Å². The van der Waals surface area contributed by atoms with Crippen molar-refractivity contribution in [2.75, 3.05) is 38.3 Å². The zero-order valence-electron chi connectivity index (χ0n) is 15.8. The van der Waals surface area contributed by atoms with Crippen molar-refractivity contribution in [2.24, 2.45) is 0 Å². The van der Waals surface area contributed by atoms with Crippen molar-refractivity contribution < 1.29 is 23.0 Å². The van der Waals surface area contributed by atoms with Crippen LogP contribution in [0.5, 0.6) is 17.5 Å². The van der Waals surface area contributed by atoms with E-state index in [0.29, 0.717) is 49.1 Å². The molecule has 2 heterocycles. The molecule has 1 aromatic heterocycles. The van der Waals surface area contributed by atoms with E-state index < -0.39 is 11.6 Å². The lowest BCUT2D eigenvalue weighted by Gasteiger charge is -2.29. The van der Waals surface area contributed by atoms with E-state index in [2.05, 4.69) is 9.97 Å². The largest absolute Gasteiger partial charge is 0.497 e. The molecule has 29 heavy (non-hydrogen) atoms. The van der Waals surface area contributed by atoms with Crippen LogP contribution in [-0.2, 0) is 4.74 Å². The van der Waals surface area contributed by atoms with Crippen LogP contribution in [0.1, 0.15) is 0 Å². The lowest BCUT2D eigenvalue weighted by Crippen LogP contribution is -2.36. The quantitative estimate of drug-likeness (QED) is 0.645. The van der Waals surface area contributed by atoms with Gasteiger partial charge in [0.25, 0.3) is 0 Å². The predicted molar refractivity (Wildman–Crippen MR) is 103 cm³/mol. The maximum absolute atomic E-state index is 14.5. The first-order valence-electron chi connectivity index (χ1n) is 9.10. The van der Waals surface area contributed by atoms with Crippen LogP contribution in [0.4, 0.5) is 14.5 Å². The highest BCUT2D eigenvalue weighted by Crippen LogP contribution is 2.30. The third kappa shape index (κ3) is 4.43. The summed E-state index contributed by atoms with van der Waals surface area (Å²) in [6.07, 6.45) is 1.01. The Morgan fingerprint density at radius 1 is 1.03 bits per heavy atom. The topological polar surface area (TPSA) is 56.7 Å². The van der Waals surface area contributed by atoms with Crippen molar-refractivity contribution in [3.05, 3.63) is 60.3 Å². The summed E-state index contributed by atoms with van der Waals surface area (Å²) < 4.78 is 44.8. The molecule has 150 valence electrons. The predicted octanol–water partition coefficient (Wildman–Crippen LogP) is 4.06. The highest BCUT2D eigenvalue weighted by Gasteiger charge is 2.17. The molecule has 4 rings (SSSR count). The van der Waals surface area contributed by atoms with Gasteiger partial charge in [0, 0.05) is 30.4 Å². The smallest absolute Gasteiger partial charge is 0.322 e. The van der Waals surface area contributed by atoms with E-state index in [4.69, 9.17) is 14.2 Å². The molecule has 0 saturated carbocycles. The van der Waals surface area contributed by atoms with Gasteiger partial charge in [-0.25, -0.2) is 13.8 Å². The molecule has 1 aliphatic heterocycles. The Morgan fingerprint density at radius 2 is 1.83 bits per heavy atom. The van der Waals surface area contributed by atoms with Gasteiger partial charge >= 0.3 is 6.01 Å². The molecule has 0 atom stereocenters. The molecule has 8 heteroatoms. The average Bonchev–Trinajstić information content (AvgIpc) is 2.75. The molecular formula is C21H19F2N3O3. The monoisotopic (exact) mass is 399 g/mol. The maximum Gasteiger partial charge on any atom is 0.322 e. The van der Waals surface area contributed by atoms with E-state index in [9.17, 15) is 8.78 Å². The van der Waals surface area contributed by atoms with E-state index in [1.807, 2.05) is 4.90 Å². The van der Waals surface area contributed by atoms with Crippen molar-refractivity contribution in [1.82, 2.24) is 9.97 Å². The number of rotatable bonds is 5. The van der Waals surface area contributed by atoms with Gasteiger partial charge in [0.05, 0.1) is 26.5 Å². The summed E-state index contributed by atoms with van der Waals surface area (Å²) in [5.41, 5.74) is 0.922. The standard InChI is InChI=1S/C21H19F2N3O3/c1-27-17-3-2-4-18(12-17)29-21-24-13-19(23)20(25-21)14-9-15(22)11-16(10-14)26-5-7-28-8-6-26/h2-4,9-13H,5-8H2,1H3. The zero-order valence-corrected chi connectivity index (χ0v) is 15.8. The summed E-state index contributed by atoms with van der Waals surface area (Å²) in [6.45, 7) is 2.40. The van der Waals surface area contributed by atoms with Crippen LogP contribution in [-0.4, -0.2) is 43.4 Å². The number of aromatic nitrogens is 2. The van der Waals surface area contributed by atoms with Gasteiger partial charge in [-0.2, -0.15) is 4.98 Å². The van der Waals surface area contributed by atoms with Crippen LogP contribution >= 0.6 is 0 Å². The van der Waals surface area contributed by atoms with Crippen molar-refractivity contribution in [3.63, 3.8) is 0 Å². The van der Waals surface area contributed by atoms with Crippen LogP contribution in [0.2, 0.25) is 0 Å². The Hall–Kier alpha value is -3.26. The van der Waals surface area contributed by atoms with Gasteiger partial charge in [0.1, 0.15) is 23.0 Å². The SMILES string of the molecule is COc1cccc(Oc2ncc(F)c(-c3cc(F)cc(N4CCOCC4)c3)n2)c1. The number of hydrogen-bond donors (Lipinski definition) is 0. The van der Waals surface area contributed by atoms with Gasteiger partial charge in [-0.05, 0) is 30.3 Å².